The third-order valence-corrected chi connectivity index (χ3v) is 3.36. The van der Waals surface area contributed by atoms with Gasteiger partial charge in [0.05, 0.1) is 0 Å². The summed E-state index contributed by atoms with van der Waals surface area (Å²) in [6, 6.07) is 0. The van der Waals surface area contributed by atoms with Gasteiger partial charge in [-0.2, -0.15) is 0 Å². The summed E-state index contributed by atoms with van der Waals surface area (Å²) in [6.07, 6.45) is 5.96. The molecule has 0 amide bonds. The van der Waals surface area contributed by atoms with Gasteiger partial charge >= 0.3 is 72.8 Å². The number of allylic oxidation sites excluding steroid dienone is 2. The Balaban J connectivity index is 0.000000293. The standard InChI is InChI=1S/C7H12O.C5H10O2.Tl/c1-6-2-4-7(8)5-3-6;1-5(2,3)7-4-6;/h4,6,8H,2-3,5H2,1H3;4H,1-3H3;/q;;+1/p-1. The van der Waals surface area contributed by atoms with Crippen LogP contribution in [0, 0.1) is 5.92 Å². The van der Waals surface area contributed by atoms with Crippen LogP contribution in [0.2, 0.25) is 0 Å². The summed E-state index contributed by atoms with van der Waals surface area (Å²) >= 11 is 0.676. The summed E-state index contributed by atoms with van der Waals surface area (Å²) in [5.41, 5.74) is -0.318. The molecule has 1 aliphatic rings. The van der Waals surface area contributed by atoms with Crippen molar-refractivity contribution in [3.8, 4) is 0 Å². The van der Waals surface area contributed by atoms with Crippen LogP contribution >= 0.6 is 0 Å². The number of hydrogen-bond acceptors (Lipinski definition) is 3. The van der Waals surface area contributed by atoms with Crippen LogP contribution < -0.4 is 0 Å². The minimum atomic E-state index is -0.318. The van der Waals surface area contributed by atoms with Gasteiger partial charge in [-0.15, -0.1) is 0 Å². The molecule has 0 radical (unpaired) electrons. The second kappa shape index (κ2) is 8.09. The van der Waals surface area contributed by atoms with Crippen molar-refractivity contribution < 1.29 is 12.2 Å². The molecule has 3 nitrogen and oxygen atoms in total. The molecule has 0 aromatic carbocycles. The van der Waals surface area contributed by atoms with Crippen LogP contribution in [0.25, 0.3) is 0 Å². The van der Waals surface area contributed by atoms with Gasteiger partial charge in [0.2, 0.25) is 0 Å². The van der Waals surface area contributed by atoms with Crippen LogP contribution in [0.1, 0.15) is 47.0 Å². The van der Waals surface area contributed by atoms with Gasteiger partial charge in [0.15, 0.2) is 0 Å². The van der Waals surface area contributed by atoms with E-state index < -0.39 is 0 Å². The zero-order valence-corrected chi connectivity index (χ0v) is 15.1. The summed E-state index contributed by atoms with van der Waals surface area (Å²) in [5, 5.41) is 0. The number of carbonyl (C=O) groups is 1. The van der Waals surface area contributed by atoms with Gasteiger partial charge in [-0.05, 0) is 20.8 Å². The van der Waals surface area contributed by atoms with Gasteiger partial charge in [0, 0.05) is 0 Å². The van der Waals surface area contributed by atoms with E-state index in [9.17, 15) is 4.79 Å². The summed E-state index contributed by atoms with van der Waals surface area (Å²) in [5.74, 6) is 2.13. The Labute approximate surface area is 115 Å². The molecule has 4 heteroatoms. The SMILES string of the molecule is CC(C)(C)OC=O.CC1CC=C([O][Tl])CC1. The molecule has 16 heavy (non-hydrogen) atoms. The Morgan fingerprint density at radius 3 is 2.38 bits per heavy atom. The zero-order chi connectivity index (χ0) is 12.6. The second-order valence-electron chi connectivity index (χ2n) is 4.99. The molecule has 0 saturated carbocycles. The normalized spacial score (nSPS) is 19.9. The summed E-state index contributed by atoms with van der Waals surface area (Å²) in [6.45, 7) is 8.22. The Morgan fingerprint density at radius 2 is 2.12 bits per heavy atom. The molecule has 0 N–H and O–H groups in total. The molecular formula is C12H21O3Tl. The Morgan fingerprint density at radius 1 is 1.50 bits per heavy atom. The molecule has 0 bridgehead atoms. The predicted octanol–water partition coefficient (Wildman–Crippen LogP) is 2.75. The molecule has 0 aromatic heterocycles. The molecule has 0 saturated heterocycles. The predicted molar refractivity (Wildman–Crippen MR) is 64.8 cm³/mol. The van der Waals surface area contributed by atoms with Crippen LogP contribution in [-0.4, -0.2) is 38.3 Å². The molecule has 1 atom stereocenters. The number of rotatable bonds is 2. The molecule has 1 unspecified atom stereocenters. The van der Waals surface area contributed by atoms with E-state index in [0.29, 0.717) is 32.7 Å². The van der Waals surface area contributed by atoms with Crippen LogP contribution in [-0.2, 0) is 12.2 Å². The fourth-order valence-corrected chi connectivity index (χ4v) is 2.02. The number of ether oxygens (including phenoxy) is 1. The van der Waals surface area contributed by atoms with E-state index in [4.69, 9.17) is 2.69 Å². The van der Waals surface area contributed by atoms with E-state index in [1.165, 1.54) is 25.0 Å². The van der Waals surface area contributed by atoms with Crippen molar-refractivity contribution in [2.45, 2.75) is 52.6 Å². The fraction of sp³-hybridized carbons (Fsp3) is 0.750. The second-order valence-corrected chi connectivity index (χ2v) is 5.91. The first-order valence-electron chi connectivity index (χ1n) is 5.56. The summed E-state index contributed by atoms with van der Waals surface area (Å²) < 4.78 is 9.82. The topological polar surface area (TPSA) is 35.5 Å². The van der Waals surface area contributed by atoms with E-state index in [1.807, 2.05) is 20.8 Å². The van der Waals surface area contributed by atoms with Gasteiger partial charge < -0.3 is 4.74 Å². The van der Waals surface area contributed by atoms with Gasteiger partial charge in [-0.3, -0.25) is 4.79 Å². The molecule has 0 fully saturated rings. The van der Waals surface area contributed by atoms with Gasteiger partial charge in [-0.1, -0.05) is 0 Å². The van der Waals surface area contributed by atoms with E-state index in [-0.39, 0.29) is 5.60 Å². The molecule has 90 valence electrons. The zero-order valence-electron chi connectivity index (χ0n) is 10.7. The summed E-state index contributed by atoms with van der Waals surface area (Å²) in [7, 11) is 0. The van der Waals surface area contributed by atoms with Crippen molar-refractivity contribution in [2.24, 2.45) is 5.92 Å². The third-order valence-electron chi connectivity index (χ3n) is 2.18. The van der Waals surface area contributed by atoms with Crippen molar-refractivity contribution in [3.63, 3.8) is 0 Å². The third kappa shape index (κ3) is 9.18. The van der Waals surface area contributed by atoms with Crippen molar-refractivity contribution in [2.75, 3.05) is 0 Å². The number of carbonyl (C=O) groups excluding carboxylic acids is 1. The number of hydrogen-bond donors (Lipinski definition) is 0. The average Bonchev–Trinajstić information content (AvgIpc) is 2.18. The van der Waals surface area contributed by atoms with Crippen LogP contribution in [0.15, 0.2) is 11.8 Å². The molecule has 0 heterocycles. The van der Waals surface area contributed by atoms with Crippen LogP contribution in [0.3, 0.4) is 0 Å². The Bertz CT molecular complexity index is 231. The first-order valence-corrected chi connectivity index (χ1v) is 7.39. The van der Waals surface area contributed by atoms with Crippen molar-refractivity contribution >= 4 is 32.7 Å². The van der Waals surface area contributed by atoms with Gasteiger partial charge in [0.25, 0.3) is 6.47 Å². The van der Waals surface area contributed by atoms with Crippen LogP contribution in [0.4, 0.5) is 0 Å². The molecule has 0 aromatic rings. The molecule has 1 rings (SSSR count). The maximum absolute atomic E-state index is 9.60. The first kappa shape index (κ1) is 15.9. The molecule has 1 aliphatic carbocycles. The molecular weight excluding hydrogens is 397 g/mol. The quantitative estimate of drug-likeness (QED) is 0.512. The van der Waals surface area contributed by atoms with E-state index >= 15 is 0 Å². The van der Waals surface area contributed by atoms with Gasteiger partial charge in [0.1, 0.15) is 5.60 Å². The Hall–Kier alpha value is -0.0679. The van der Waals surface area contributed by atoms with Crippen molar-refractivity contribution in [1.82, 2.24) is 0 Å². The van der Waals surface area contributed by atoms with E-state index in [0.717, 1.165) is 5.92 Å². The maximum atomic E-state index is 9.60. The monoisotopic (exact) mass is 418 g/mol. The van der Waals surface area contributed by atoms with E-state index in [1.54, 1.807) is 0 Å². The molecule has 0 aliphatic heterocycles. The fourth-order valence-electron chi connectivity index (χ4n) is 1.19. The molecule has 0 spiro atoms. The Kier molecular flexibility index (Phi) is 8.05. The van der Waals surface area contributed by atoms with Crippen LogP contribution in [0.5, 0.6) is 0 Å². The summed E-state index contributed by atoms with van der Waals surface area (Å²) in [4.78, 5) is 9.60. The van der Waals surface area contributed by atoms with Crippen molar-refractivity contribution in [1.29, 1.82) is 0 Å². The van der Waals surface area contributed by atoms with Gasteiger partial charge in [-0.25, -0.2) is 0 Å². The minimum absolute atomic E-state index is 0.318. The van der Waals surface area contributed by atoms with E-state index in [2.05, 4.69) is 17.7 Å². The first-order chi connectivity index (χ1) is 7.39. The van der Waals surface area contributed by atoms with Crippen molar-refractivity contribution in [3.05, 3.63) is 11.8 Å². The average molecular weight is 418 g/mol.